The number of allylic oxidation sites excluding steroid dienone is 1. The van der Waals surface area contributed by atoms with Crippen LogP contribution in [0.4, 0.5) is 11.4 Å². The summed E-state index contributed by atoms with van der Waals surface area (Å²) in [6.07, 6.45) is 6.35. The maximum Gasteiger partial charge on any atom is 0.0846 e. The third kappa shape index (κ3) is 4.29. The van der Waals surface area contributed by atoms with Crippen molar-refractivity contribution >= 4 is 33.0 Å². The van der Waals surface area contributed by atoms with Crippen molar-refractivity contribution in [2.24, 2.45) is 0 Å². The number of hydrogen-bond donors (Lipinski definition) is 0. The topological polar surface area (TPSA) is 37.4 Å². The van der Waals surface area contributed by atoms with Gasteiger partial charge in [-0.3, -0.25) is 4.21 Å². The highest BCUT2D eigenvalue weighted by atomic mass is 32.2. The number of anilines is 2. The first-order valence-corrected chi connectivity index (χ1v) is 14.4. The quantitative estimate of drug-likeness (QED) is 0.286. The number of hydrogen-bond acceptors (Lipinski definition) is 3. The number of nitrogens with zero attached hydrogens (tertiary/aromatic N) is 1. The van der Waals surface area contributed by atoms with Gasteiger partial charge in [-0.1, -0.05) is 78.9 Å². The zero-order valence-electron chi connectivity index (χ0n) is 19.6. The molecule has 4 atom stereocenters. The Morgan fingerprint density at radius 3 is 2.06 bits per heavy atom. The minimum Gasteiger partial charge on any atom is -0.333 e. The molecule has 0 aromatic heterocycles. The molecule has 2 aliphatic rings. The maximum absolute atomic E-state index is 13.4. The van der Waals surface area contributed by atoms with Gasteiger partial charge in [0.2, 0.25) is 0 Å². The molecule has 0 bridgehead atoms. The van der Waals surface area contributed by atoms with Gasteiger partial charge in [0.05, 0.1) is 33.4 Å². The lowest BCUT2D eigenvalue weighted by atomic mass is 9.90. The van der Waals surface area contributed by atoms with Crippen molar-refractivity contribution in [1.29, 1.82) is 0 Å². The summed E-state index contributed by atoms with van der Waals surface area (Å²) in [6, 6.07) is 36.1. The van der Waals surface area contributed by atoms with Gasteiger partial charge in [-0.15, -0.1) is 0 Å². The van der Waals surface area contributed by atoms with Crippen LogP contribution in [-0.2, 0) is 27.4 Å². The molecular weight excluding hydrogens is 482 g/mol. The van der Waals surface area contributed by atoms with Gasteiger partial charge in [0.15, 0.2) is 0 Å². The smallest absolute Gasteiger partial charge is 0.0846 e. The molecule has 0 saturated heterocycles. The number of fused-ring (bicyclic) bond motifs is 3. The van der Waals surface area contributed by atoms with E-state index in [-0.39, 0.29) is 12.0 Å². The van der Waals surface area contributed by atoms with E-state index in [0.717, 1.165) is 31.6 Å². The zero-order valence-corrected chi connectivity index (χ0v) is 21.2. The van der Waals surface area contributed by atoms with E-state index in [2.05, 4.69) is 59.5 Å². The summed E-state index contributed by atoms with van der Waals surface area (Å²) >= 11 is 0. The van der Waals surface area contributed by atoms with Gasteiger partial charge in [-0.2, -0.15) is 0 Å². The van der Waals surface area contributed by atoms with Crippen molar-refractivity contribution < 1.29 is 8.42 Å². The van der Waals surface area contributed by atoms with Gasteiger partial charge in [-0.05, 0) is 59.7 Å². The van der Waals surface area contributed by atoms with Crippen LogP contribution >= 0.6 is 0 Å². The van der Waals surface area contributed by atoms with Crippen LogP contribution in [0.25, 0.3) is 0 Å². The van der Waals surface area contributed by atoms with Gasteiger partial charge in [-0.25, -0.2) is 4.21 Å². The van der Waals surface area contributed by atoms with Crippen LogP contribution in [0.1, 0.15) is 17.0 Å². The monoisotopic (exact) mass is 507 g/mol. The van der Waals surface area contributed by atoms with Crippen LogP contribution in [0, 0.1) is 0 Å². The van der Waals surface area contributed by atoms with Crippen molar-refractivity contribution in [3.63, 3.8) is 0 Å². The molecule has 4 aromatic rings. The molecule has 3 nitrogen and oxygen atoms in total. The predicted molar refractivity (Wildman–Crippen MR) is 148 cm³/mol. The Balaban J connectivity index is 1.39. The van der Waals surface area contributed by atoms with E-state index in [1.165, 1.54) is 5.56 Å². The fourth-order valence-corrected chi connectivity index (χ4v) is 7.27. The van der Waals surface area contributed by atoms with Crippen LogP contribution < -0.4 is 4.90 Å². The molecule has 36 heavy (non-hydrogen) atoms. The normalized spacial score (nSPS) is 19.8. The highest BCUT2D eigenvalue weighted by Gasteiger charge is 2.39. The van der Waals surface area contributed by atoms with E-state index >= 15 is 0 Å². The molecule has 1 aliphatic carbocycles. The summed E-state index contributed by atoms with van der Waals surface area (Å²) in [5.74, 6) is 0.514. The molecule has 0 amide bonds. The highest BCUT2D eigenvalue weighted by Crippen LogP contribution is 2.49. The first-order chi connectivity index (χ1) is 17.7. The van der Waals surface area contributed by atoms with Crippen molar-refractivity contribution in [2.75, 3.05) is 4.90 Å². The van der Waals surface area contributed by atoms with Gasteiger partial charge in [0.1, 0.15) is 0 Å². The highest BCUT2D eigenvalue weighted by molar-refractivity contribution is 7.89. The van der Waals surface area contributed by atoms with E-state index in [4.69, 9.17) is 0 Å². The van der Waals surface area contributed by atoms with Crippen LogP contribution in [0.15, 0.2) is 142 Å². The van der Waals surface area contributed by atoms with E-state index in [9.17, 15) is 8.42 Å². The van der Waals surface area contributed by atoms with Crippen LogP contribution in [-0.4, -0.2) is 14.5 Å². The average Bonchev–Trinajstić information content (AvgIpc) is 3.27. The van der Waals surface area contributed by atoms with Gasteiger partial charge in [0, 0.05) is 32.0 Å². The second-order valence-corrected chi connectivity index (χ2v) is 11.9. The third-order valence-corrected chi connectivity index (χ3v) is 9.48. The van der Waals surface area contributed by atoms with Crippen molar-refractivity contribution in [3.05, 3.63) is 143 Å². The molecule has 1 aliphatic heterocycles. The van der Waals surface area contributed by atoms with E-state index in [1.807, 2.05) is 72.8 Å². The van der Waals surface area contributed by atoms with Gasteiger partial charge in [0.25, 0.3) is 0 Å². The van der Waals surface area contributed by atoms with Gasteiger partial charge >= 0.3 is 0 Å². The molecule has 5 heteroatoms. The Hall–Kier alpha value is -3.54. The zero-order chi connectivity index (χ0) is 24.5. The van der Waals surface area contributed by atoms with E-state index < -0.39 is 21.6 Å². The Labute approximate surface area is 216 Å². The lowest BCUT2D eigenvalue weighted by molar-refractivity contribution is 0.682. The summed E-state index contributed by atoms with van der Waals surface area (Å²) in [4.78, 5) is 4.81. The second kappa shape index (κ2) is 9.84. The summed E-state index contributed by atoms with van der Waals surface area (Å²) in [5.41, 5.74) is 4.48. The standard InChI is InChI=1S/C31H25NO2S2/c33-35(25-12-6-2-7-13-25)22-23-16-18-30-28(20-23)29-21-27(36(34)26-14-8-3-9-15-26)17-19-31(29)32(30)24-10-4-1-5-11-24/h1-21,29,31H,22H2. The molecule has 0 N–H and O–H groups in total. The SMILES string of the molecule is O=S(Cc1ccc2c(c1)C1C=C(S(=O)c3ccccc3)C=CC1N2c1ccccc1)c1ccccc1. The van der Waals surface area contributed by atoms with Crippen molar-refractivity contribution in [2.45, 2.75) is 27.5 Å². The molecule has 178 valence electrons. The van der Waals surface area contributed by atoms with Gasteiger partial charge < -0.3 is 4.90 Å². The number of rotatable bonds is 6. The maximum atomic E-state index is 13.4. The fourth-order valence-electron chi connectivity index (χ4n) is 5.02. The second-order valence-electron chi connectivity index (χ2n) is 8.93. The van der Waals surface area contributed by atoms with E-state index in [1.54, 1.807) is 0 Å². The fraction of sp³-hybridized carbons (Fsp3) is 0.0968. The van der Waals surface area contributed by atoms with Crippen molar-refractivity contribution in [3.8, 4) is 0 Å². The summed E-state index contributed by atoms with van der Waals surface area (Å²) < 4.78 is 26.4. The molecule has 0 saturated carbocycles. The average molecular weight is 508 g/mol. The lowest BCUT2D eigenvalue weighted by Crippen LogP contribution is -2.29. The molecule has 4 aromatic carbocycles. The Morgan fingerprint density at radius 2 is 1.36 bits per heavy atom. The molecular formula is C31H25NO2S2. The van der Waals surface area contributed by atoms with Crippen LogP contribution in [0.3, 0.4) is 0 Å². The molecule has 6 rings (SSSR count). The third-order valence-electron chi connectivity index (χ3n) is 6.69. The Bertz CT molecular complexity index is 1500. The van der Waals surface area contributed by atoms with Crippen LogP contribution in [0.2, 0.25) is 0 Å². The van der Waals surface area contributed by atoms with Crippen molar-refractivity contribution in [1.82, 2.24) is 0 Å². The summed E-state index contributed by atoms with van der Waals surface area (Å²) in [5, 5.41) is 0. The largest absolute Gasteiger partial charge is 0.333 e. The number of benzene rings is 4. The molecule has 0 spiro atoms. The minimum absolute atomic E-state index is 0.0537. The molecule has 0 fully saturated rings. The predicted octanol–water partition coefficient (Wildman–Crippen LogP) is 6.86. The first kappa shape index (κ1) is 22.9. The molecule has 1 heterocycles. The summed E-state index contributed by atoms with van der Waals surface area (Å²) in [6.45, 7) is 0. The number of para-hydroxylation sites is 1. The lowest BCUT2D eigenvalue weighted by Gasteiger charge is -2.29. The van der Waals surface area contributed by atoms with E-state index in [0.29, 0.717) is 5.75 Å². The Kier molecular flexibility index (Phi) is 6.26. The van der Waals surface area contributed by atoms with Crippen LogP contribution in [0.5, 0.6) is 0 Å². The minimum atomic E-state index is -1.24. The molecule has 0 radical (unpaired) electrons. The molecule has 4 unspecified atom stereocenters. The first-order valence-electron chi connectivity index (χ1n) is 12.0. The Morgan fingerprint density at radius 1 is 0.722 bits per heavy atom. The summed E-state index contributed by atoms with van der Waals surface area (Å²) in [7, 11) is -2.36.